The van der Waals surface area contributed by atoms with E-state index in [2.05, 4.69) is 9.17 Å². The third-order valence-corrected chi connectivity index (χ3v) is 1.72. The van der Waals surface area contributed by atoms with Crippen molar-refractivity contribution in [2.75, 3.05) is 0 Å². The number of nitrogens with zero attached hydrogens (tertiary/aromatic N) is 1. The quantitative estimate of drug-likeness (QED) is 0.685. The number of hydrogen-bond donors (Lipinski definition) is 0. The van der Waals surface area contributed by atoms with Crippen LogP contribution in [-0.4, -0.2) is 13.4 Å². The summed E-state index contributed by atoms with van der Waals surface area (Å²) < 4.78 is 25.3. The van der Waals surface area contributed by atoms with Crippen LogP contribution in [0.1, 0.15) is 5.69 Å². The molecule has 0 spiro atoms. The molecule has 0 radical (unpaired) electrons. The normalized spacial score (nSPS) is 11.2. The first kappa shape index (κ1) is 9.28. The highest BCUT2D eigenvalue weighted by molar-refractivity contribution is 8.10. The molecule has 12 heavy (non-hydrogen) atoms. The van der Waals surface area contributed by atoms with Gasteiger partial charge in [0.15, 0.2) is 5.75 Å². The molecular weight excluding hydrogens is 202 g/mol. The smallest absolute Gasteiger partial charge is 0.369 e. The zero-order valence-electron chi connectivity index (χ0n) is 6.19. The fraction of sp³-hybridized carbons (Fsp3) is 0.167. The molecule has 0 aromatic carbocycles. The molecule has 0 amide bonds. The van der Waals surface area contributed by atoms with E-state index in [4.69, 9.17) is 10.7 Å². The van der Waals surface area contributed by atoms with Crippen LogP contribution in [0.2, 0.25) is 0 Å². The molecule has 4 nitrogen and oxygen atoms in total. The Morgan fingerprint density at radius 2 is 2.25 bits per heavy atom. The summed E-state index contributed by atoms with van der Waals surface area (Å²) >= 11 is 0. The van der Waals surface area contributed by atoms with Crippen molar-refractivity contribution in [3.05, 3.63) is 24.0 Å². The van der Waals surface area contributed by atoms with Crippen molar-refractivity contribution in [1.82, 2.24) is 4.98 Å². The molecule has 0 aliphatic rings. The first-order valence-electron chi connectivity index (χ1n) is 3.05. The van der Waals surface area contributed by atoms with Gasteiger partial charge in [0.25, 0.3) is 0 Å². The van der Waals surface area contributed by atoms with E-state index < -0.39 is 9.33 Å². The van der Waals surface area contributed by atoms with E-state index in [1.807, 2.05) is 0 Å². The Morgan fingerprint density at radius 1 is 1.58 bits per heavy atom. The maximum absolute atomic E-state index is 10.5. The molecule has 0 saturated carbocycles. The first-order chi connectivity index (χ1) is 5.49. The minimum absolute atomic E-state index is 0.146. The number of hydrogen-bond acceptors (Lipinski definition) is 4. The van der Waals surface area contributed by atoms with Crippen LogP contribution in [0.4, 0.5) is 0 Å². The molecular formula is C6H6ClNO3S. The lowest BCUT2D eigenvalue weighted by Gasteiger charge is -2.01. The third kappa shape index (κ3) is 2.67. The lowest BCUT2D eigenvalue weighted by molar-refractivity contribution is 0.499. The zero-order chi connectivity index (χ0) is 9.19. The van der Waals surface area contributed by atoms with Gasteiger partial charge in [0, 0.05) is 6.20 Å². The van der Waals surface area contributed by atoms with Crippen molar-refractivity contribution in [1.29, 1.82) is 0 Å². The second-order valence-corrected chi connectivity index (χ2v) is 4.15. The molecule has 0 saturated heterocycles. The highest BCUT2D eigenvalue weighted by Gasteiger charge is 2.08. The van der Waals surface area contributed by atoms with Crippen LogP contribution in [0, 0.1) is 6.92 Å². The van der Waals surface area contributed by atoms with Crippen LogP contribution in [0.15, 0.2) is 18.3 Å². The number of rotatable bonds is 2. The highest BCUT2D eigenvalue weighted by Crippen LogP contribution is 2.17. The van der Waals surface area contributed by atoms with Crippen LogP contribution in [0.25, 0.3) is 0 Å². The average molecular weight is 208 g/mol. The lowest BCUT2D eigenvalue weighted by Crippen LogP contribution is -2.01. The van der Waals surface area contributed by atoms with E-state index in [-0.39, 0.29) is 5.75 Å². The van der Waals surface area contributed by atoms with Gasteiger partial charge in [-0.15, -0.1) is 0 Å². The van der Waals surface area contributed by atoms with E-state index in [0.717, 1.165) is 0 Å². The number of aryl methyl sites for hydroxylation is 1. The van der Waals surface area contributed by atoms with E-state index in [1.165, 1.54) is 12.3 Å². The van der Waals surface area contributed by atoms with Gasteiger partial charge in [-0.2, -0.15) is 8.42 Å². The average Bonchev–Trinajstić information content (AvgIpc) is 1.91. The second kappa shape index (κ2) is 3.28. The Kier molecular flexibility index (Phi) is 2.54. The Hall–Kier alpha value is -0.810. The molecule has 1 aromatic rings. The number of pyridine rings is 1. The SMILES string of the molecule is Cc1ncccc1OS(=O)(=O)Cl. The van der Waals surface area contributed by atoms with E-state index in [1.54, 1.807) is 13.0 Å². The Labute approximate surface area is 74.8 Å². The summed E-state index contributed by atoms with van der Waals surface area (Å²) in [6, 6.07) is 3.03. The van der Waals surface area contributed by atoms with Crippen LogP contribution < -0.4 is 4.18 Å². The summed E-state index contributed by atoms with van der Waals surface area (Å²) in [6.45, 7) is 1.62. The standard InChI is InChI=1S/C6H6ClNO3S/c1-5-6(3-2-4-8-5)11-12(7,9)10/h2-4H,1H3. The maximum Gasteiger partial charge on any atom is 0.401 e. The van der Waals surface area contributed by atoms with E-state index in [9.17, 15) is 8.42 Å². The van der Waals surface area contributed by atoms with Crippen molar-refractivity contribution >= 4 is 20.0 Å². The van der Waals surface area contributed by atoms with Gasteiger partial charge in [0.2, 0.25) is 0 Å². The second-order valence-electron chi connectivity index (χ2n) is 2.06. The topological polar surface area (TPSA) is 56.3 Å². The predicted octanol–water partition coefficient (Wildman–Crippen LogP) is 1.25. The van der Waals surface area contributed by atoms with Gasteiger partial charge >= 0.3 is 9.33 Å². The summed E-state index contributed by atoms with van der Waals surface area (Å²) in [5.41, 5.74) is 0.474. The van der Waals surface area contributed by atoms with Crippen LogP contribution in [0.3, 0.4) is 0 Å². The molecule has 0 aliphatic heterocycles. The molecule has 0 N–H and O–H groups in total. The fourth-order valence-electron chi connectivity index (χ4n) is 0.665. The van der Waals surface area contributed by atoms with Crippen molar-refractivity contribution in [3.8, 4) is 5.75 Å². The highest BCUT2D eigenvalue weighted by atomic mass is 35.7. The molecule has 6 heteroatoms. The molecule has 1 rings (SSSR count). The van der Waals surface area contributed by atoms with Gasteiger partial charge in [0.1, 0.15) is 0 Å². The molecule has 0 bridgehead atoms. The maximum atomic E-state index is 10.5. The minimum Gasteiger partial charge on any atom is -0.369 e. The molecule has 1 heterocycles. The molecule has 0 unspecified atom stereocenters. The molecule has 0 fully saturated rings. The molecule has 0 atom stereocenters. The van der Waals surface area contributed by atoms with Crippen molar-refractivity contribution in [2.24, 2.45) is 0 Å². The largest absolute Gasteiger partial charge is 0.401 e. The Morgan fingerprint density at radius 3 is 2.75 bits per heavy atom. The van der Waals surface area contributed by atoms with Crippen LogP contribution in [0.5, 0.6) is 5.75 Å². The monoisotopic (exact) mass is 207 g/mol. The minimum atomic E-state index is -3.97. The summed E-state index contributed by atoms with van der Waals surface area (Å²) in [4.78, 5) is 3.82. The number of aromatic nitrogens is 1. The fourth-order valence-corrected chi connectivity index (χ4v) is 1.26. The van der Waals surface area contributed by atoms with E-state index in [0.29, 0.717) is 5.69 Å². The van der Waals surface area contributed by atoms with Crippen molar-refractivity contribution in [2.45, 2.75) is 6.92 Å². The first-order valence-corrected chi connectivity index (χ1v) is 5.28. The Bertz CT molecular complexity index is 376. The zero-order valence-corrected chi connectivity index (χ0v) is 7.76. The molecule has 0 aliphatic carbocycles. The summed E-state index contributed by atoms with van der Waals surface area (Å²) in [7, 11) is 0.894. The van der Waals surface area contributed by atoms with Crippen molar-refractivity contribution in [3.63, 3.8) is 0 Å². The summed E-state index contributed by atoms with van der Waals surface area (Å²) in [5.74, 6) is 0.146. The predicted molar refractivity (Wildman–Crippen MR) is 44.4 cm³/mol. The van der Waals surface area contributed by atoms with Gasteiger partial charge in [0.05, 0.1) is 16.4 Å². The number of halogens is 1. The third-order valence-electron chi connectivity index (χ3n) is 1.15. The summed E-state index contributed by atoms with van der Waals surface area (Å²) in [6.07, 6.45) is 1.53. The summed E-state index contributed by atoms with van der Waals surface area (Å²) in [5, 5.41) is 0. The van der Waals surface area contributed by atoms with Crippen LogP contribution in [-0.2, 0) is 9.33 Å². The van der Waals surface area contributed by atoms with Gasteiger partial charge in [-0.1, -0.05) is 0 Å². The molecule has 66 valence electrons. The van der Waals surface area contributed by atoms with Gasteiger partial charge in [-0.05, 0) is 19.1 Å². The Balaban J connectivity index is 2.98. The van der Waals surface area contributed by atoms with Crippen molar-refractivity contribution < 1.29 is 12.6 Å². The van der Waals surface area contributed by atoms with Crippen LogP contribution >= 0.6 is 10.7 Å². The van der Waals surface area contributed by atoms with Gasteiger partial charge in [-0.3, -0.25) is 4.98 Å². The van der Waals surface area contributed by atoms with Gasteiger partial charge in [-0.25, -0.2) is 0 Å². The molecule has 1 aromatic heterocycles. The van der Waals surface area contributed by atoms with E-state index >= 15 is 0 Å². The van der Waals surface area contributed by atoms with Gasteiger partial charge < -0.3 is 4.18 Å². The lowest BCUT2D eigenvalue weighted by atomic mass is 10.3.